The Morgan fingerprint density at radius 3 is 2.35 bits per heavy atom. The highest BCUT2D eigenvalue weighted by Gasteiger charge is 2.18. The van der Waals surface area contributed by atoms with E-state index >= 15 is 0 Å². The minimum Gasteiger partial charge on any atom is -0.322 e. The maximum atomic E-state index is 14.0. The van der Waals surface area contributed by atoms with Gasteiger partial charge in [0.1, 0.15) is 5.82 Å². The van der Waals surface area contributed by atoms with Crippen LogP contribution in [0.25, 0.3) is 17.1 Å². The Labute approximate surface area is 189 Å². The van der Waals surface area contributed by atoms with Crippen molar-refractivity contribution < 1.29 is 13.6 Å². The zero-order chi connectivity index (χ0) is 21.8. The number of amides is 1. The highest BCUT2D eigenvalue weighted by molar-refractivity contribution is 9.10. The number of nitrogens with zero attached hydrogens (tertiary/aromatic N) is 3. The van der Waals surface area contributed by atoms with Crippen molar-refractivity contribution >= 4 is 39.3 Å². The van der Waals surface area contributed by atoms with E-state index in [-0.39, 0.29) is 15.9 Å². The van der Waals surface area contributed by atoms with Crippen molar-refractivity contribution in [2.24, 2.45) is 0 Å². The van der Waals surface area contributed by atoms with E-state index in [2.05, 4.69) is 31.4 Å². The highest BCUT2D eigenvalue weighted by atomic mass is 79.9. The van der Waals surface area contributed by atoms with Gasteiger partial charge in [-0.25, -0.2) is 8.78 Å². The van der Waals surface area contributed by atoms with E-state index in [1.54, 1.807) is 0 Å². The Hall–Kier alpha value is -3.04. The molecule has 0 aliphatic heterocycles. The first-order valence-electron chi connectivity index (χ1n) is 9.16. The maximum Gasteiger partial charge on any atom is 0.234 e. The van der Waals surface area contributed by atoms with Crippen LogP contribution in [0.15, 0.2) is 82.4 Å². The molecule has 3 aromatic carbocycles. The van der Waals surface area contributed by atoms with Crippen molar-refractivity contribution in [1.29, 1.82) is 0 Å². The average Bonchev–Trinajstić information content (AvgIpc) is 3.20. The summed E-state index contributed by atoms with van der Waals surface area (Å²) in [6.45, 7) is 0. The van der Waals surface area contributed by atoms with Gasteiger partial charge in [-0.1, -0.05) is 60.3 Å². The molecule has 4 rings (SSSR count). The number of rotatable bonds is 6. The number of para-hydroxylation sites is 1. The topological polar surface area (TPSA) is 59.8 Å². The Kier molecular flexibility index (Phi) is 6.43. The molecule has 0 atom stereocenters. The number of carbonyl (C=O) groups excluding carboxylic acids is 1. The molecular formula is C22H15BrF2N4OS. The molecule has 0 spiro atoms. The lowest BCUT2D eigenvalue weighted by atomic mass is 10.2. The summed E-state index contributed by atoms with van der Waals surface area (Å²) in [4.78, 5) is 12.4. The average molecular weight is 501 g/mol. The molecule has 1 heterocycles. The molecule has 5 nitrogen and oxygen atoms in total. The molecule has 0 saturated heterocycles. The molecule has 0 unspecified atom stereocenters. The number of nitrogens with one attached hydrogen (secondary N) is 1. The minimum absolute atomic E-state index is 0.0387. The zero-order valence-electron chi connectivity index (χ0n) is 15.9. The first-order valence-corrected chi connectivity index (χ1v) is 10.9. The Bertz CT molecular complexity index is 1200. The van der Waals surface area contributed by atoms with Crippen molar-refractivity contribution in [2.75, 3.05) is 11.1 Å². The summed E-state index contributed by atoms with van der Waals surface area (Å²) in [5.41, 5.74) is 1.62. The lowest BCUT2D eigenvalue weighted by molar-refractivity contribution is -0.113. The number of hydrogen-bond donors (Lipinski definition) is 1. The van der Waals surface area contributed by atoms with Crippen LogP contribution in [0.4, 0.5) is 14.5 Å². The number of aromatic nitrogens is 3. The first-order chi connectivity index (χ1) is 15.0. The van der Waals surface area contributed by atoms with Gasteiger partial charge in [-0.3, -0.25) is 9.36 Å². The number of hydrogen-bond acceptors (Lipinski definition) is 4. The van der Waals surface area contributed by atoms with Gasteiger partial charge in [0, 0.05) is 21.8 Å². The zero-order valence-corrected chi connectivity index (χ0v) is 18.3. The van der Waals surface area contributed by atoms with E-state index in [1.807, 2.05) is 65.2 Å². The first kappa shape index (κ1) is 21.2. The lowest BCUT2D eigenvalue weighted by Gasteiger charge is -2.11. The predicted molar refractivity (Wildman–Crippen MR) is 120 cm³/mol. The fourth-order valence-electron chi connectivity index (χ4n) is 2.91. The third kappa shape index (κ3) is 4.83. The van der Waals surface area contributed by atoms with Crippen LogP contribution in [0.2, 0.25) is 0 Å². The van der Waals surface area contributed by atoms with Crippen molar-refractivity contribution in [1.82, 2.24) is 14.8 Å². The van der Waals surface area contributed by atoms with Crippen molar-refractivity contribution in [3.8, 4) is 17.1 Å². The van der Waals surface area contributed by atoms with Crippen LogP contribution in [0.3, 0.4) is 0 Å². The van der Waals surface area contributed by atoms with E-state index in [1.165, 1.54) is 11.8 Å². The lowest BCUT2D eigenvalue weighted by Crippen LogP contribution is -2.16. The summed E-state index contributed by atoms with van der Waals surface area (Å²) in [6, 6.07) is 21.0. The van der Waals surface area contributed by atoms with E-state index in [4.69, 9.17) is 0 Å². The molecule has 31 heavy (non-hydrogen) atoms. The van der Waals surface area contributed by atoms with Gasteiger partial charge >= 0.3 is 0 Å². The standard InChI is InChI=1S/C22H15BrF2N4OS/c23-17-11-15(24)12-18(25)20(17)26-19(30)13-31-22-28-27-21(14-7-3-1-4-8-14)29(22)16-9-5-2-6-10-16/h1-12H,13H2,(H,26,30). The van der Waals surface area contributed by atoms with Crippen LogP contribution in [0.5, 0.6) is 0 Å². The number of benzene rings is 3. The van der Waals surface area contributed by atoms with Gasteiger partial charge in [0.2, 0.25) is 5.91 Å². The molecule has 1 aromatic heterocycles. The molecule has 0 aliphatic rings. The van der Waals surface area contributed by atoms with E-state index in [9.17, 15) is 13.6 Å². The van der Waals surface area contributed by atoms with Gasteiger partial charge in [-0.15, -0.1) is 10.2 Å². The molecule has 4 aromatic rings. The number of anilines is 1. The molecule has 0 bridgehead atoms. The molecule has 0 aliphatic carbocycles. The smallest absolute Gasteiger partial charge is 0.234 e. The summed E-state index contributed by atoms with van der Waals surface area (Å²) < 4.78 is 29.2. The van der Waals surface area contributed by atoms with Crippen LogP contribution < -0.4 is 5.32 Å². The van der Waals surface area contributed by atoms with Gasteiger partial charge in [-0.05, 0) is 34.1 Å². The van der Waals surface area contributed by atoms with Crippen molar-refractivity contribution in [3.63, 3.8) is 0 Å². The van der Waals surface area contributed by atoms with Crippen LogP contribution in [0.1, 0.15) is 0 Å². The molecule has 0 saturated carbocycles. The van der Waals surface area contributed by atoms with Crippen LogP contribution in [-0.4, -0.2) is 26.4 Å². The van der Waals surface area contributed by atoms with Gasteiger partial charge in [0.25, 0.3) is 0 Å². The fraction of sp³-hybridized carbons (Fsp3) is 0.0455. The second kappa shape index (κ2) is 9.40. The summed E-state index contributed by atoms with van der Waals surface area (Å²) >= 11 is 4.23. The highest BCUT2D eigenvalue weighted by Crippen LogP contribution is 2.29. The molecule has 1 N–H and O–H groups in total. The number of thioether (sulfide) groups is 1. The third-order valence-corrected chi connectivity index (χ3v) is 5.84. The third-order valence-electron chi connectivity index (χ3n) is 4.28. The second-order valence-electron chi connectivity index (χ2n) is 6.42. The quantitative estimate of drug-likeness (QED) is 0.344. The molecule has 0 radical (unpaired) electrons. The van der Waals surface area contributed by atoms with Gasteiger partial charge in [0.15, 0.2) is 16.8 Å². The fourth-order valence-corrected chi connectivity index (χ4v) is 4.17. The summed E-state index contributed by atoms with van der Waals surface area (Å²) in [5, 5.41) is 11.6. The van der Waals surface area contributed by atoms with Crippen molar-refractivity contribution in [2.45, 2.75) is 5.16 Å². The van der Waals surface area contributed by atoms with E-state index < -0.39 is 17.5 Å². The Balaban J connectivity index is 1.58. The SMILES string of the molecule is O=C(CSc1nnc(-c2ccccc2)n1-c1ccccc1)Nc1c(F)cc(F)cc1Br. The Morgan fingerprint density at radius 1 is 1.00 bits per heavy atom. The van der Waals surface area contributed by atoms with E-state index in [0.29, 0.717) is 17.0 Å². The summed E-state index contributed by atoms with van der Waals surface area (Å²) in [5.74, 6) is -1.45. The molecule has 9 heteroatoms. The monoisotopic (exact) mass is 500 g/mol. The van der Waals surface area contributed by atoms with Crippen molar-refractivity contribution in [3.05, 3.63) is 88.9 Å². The molecule has 1 amide bonds. The molecule has 156 valence electrons. The molecule has 0 fully saturated rings. The van der Waals surface area contributed by atoms with Crippen LogP contribution in [0, 0.1) is 11.6 Å². The molecular weight excluding hydrogens is 486 g/mol. The van der Waals surface area contributed by atoms with E-state index in [0.717, 1.165) is 17.3 Å². The van der Waals surface area contributed by atoms with Crippen LogP contribution >= 0.6 is 27.7 Å². The minimum atomic E-state index is -0.857. The maximum absolute atomic E-state index is 14.0. The normalized spacial score (nSPS) is 10.8. The number of carbonyl (C=O) groups is 1. The summed E-state index contributed by atoms with van der Waals surface area (Å²) in [6.07, 6.45) is 0. The predicted octanol–water partition coefficient (Wildman–Crippen LogP) is 5.71. The van der Waals surface area contributed by atoms with Gasteiger partial charge in [0.05, 0.1) is 11.4 Å². The summed E-state index contributed by atoms with van der Waals surface area (Å²) in [7, 11) is 0. The van der Waals surface area contributed by atoms with Gasteiger partial charge < -0.3 is 5.32 Å². The largest absolute Gasteiger partial charge is 0.322 e. The van der Waals surface area contributed by atoms with Gasteiger partial charge in [-0.2, -0.15) is 0 Å². The Morgan fingerprint density at radius 2 is 1.68 bits per heavy atom. The van der Waals surface area contributed by atoms with Crippen LogP contribution in [-0.2, 0) is 4.79 Å². The second-order valence-corrected chi connectivity index (χ2v) is 8.22. The number of halogens is 3.